The molecule has 1 aromatic heterocycles. The third kappa shape index (κ3) is 3.36. The molecule has 1 unspecified atom stereocenters. The molecule has 0 radical (unpaired) electrons. The fourth-order valence-electron chi connectivity index (χ4n) is 2.05. The van der Waals surface area contributed by atoms with E-state index in [4.69, 9.17) is 4.74 Å². The van der Waals surface area contributed by atoms with Gasteiger partial charge in [0.1, 0.15) is 11.6 Å². The molecule has 2 rings (SSSR count). The Morgan fingerprint density at radius 2 is 2.25 bits per heavy atom. The van der Waals surface area contributed by atoms with E-state index in [0.717, 1.165) is 18.7 Å². The molecule has 0 amide bonds. The average Bonchev–Trinajstić information content (AvgIpc) is 2.81. The van der Waals surface area contributed by atoms with E-state index in [0.29, 0.717) is 17.2 Å². The van der Waals surface area contributed by atoms with E-state index in [9.17, 15) is 4.39 Å². The molecule has 5 heteroatoms. The van der Waals surface area contributed by atoms with Crippen molar-refractivity contribution in [1.29, 1.82) is 0 Å². The summed E-state index contributed by atoms with van der Waals surface area (Å²) in [6, 6.07) is 6.50. The summed E-state index contributed by atoms with van der Waals surface area (Å²) in [4.78, 5) is 0. The largest absolute Gasteiger partial charge is 0.437 e. The van der Waals surface area contributed by atoms with Gasteiger partial charge < -0.3 is 10.1 Å². The van der Waals surface area contributed by atoms with Crippen molar-refractivity contribution in [3.8, 4) is 11.6 Å². The third-order valence-electron chi connectivity index (χ3n) is 3.04. The number of hydrogen-bond acceptors (Lipinski definition) is 3. The molecular formula is C15H20FN3O. The van der Waals surface area contributed by atoms with Gasteiger partial charge in [-0.25, -0.2) is 4.39 Å². The van der Waals surface area contributed by atoms with Gasteiger partial charge in [-0.2, -0.15) is 0 Å². The van der Waals surface area contributed by atoms with Crippen LogP contribution in [0.4, 0.5) is 4.39 Å². The van der Waals surface area contributed by atoms with Crippen molar-refractivity contribution in [3.05, 3.63) is 41.3 Å². The summed E-state index contributed by atoms with van der Waals surface area (Å²) < 4.78 is 19.8. The Hall–Kier alpha value is -1.88. The predicted molar refractivity (Wildman–Crippen MR) is 76.5 cm³/mol. The molecule has 0 fully saturated rings. The quantitative estimate of drug-likeness (QED) is 0.846. The zero-order chi connectivity index (χ0) is 14.5. The van der Waals surface area contributed by atoms with Crippen LogP contribution < -0.4 is 10.1 Å². The molecule has 0 aliphatic heterocycles. The normalized spacial score (nSPS) is 12.4. The molecule has 0 spiro atoms. The van der Waals surface area contributed by atoms with E-state index in [1.54, 1.807) is 18.2 Å². The molecule has 2 aromatic rings. The third-order valence-corrected chi connectivity index (χ3v) is 3.04. The number of aryl methyl sites for hydroxylation is 1. The van der Waals surface area contributed by atoms with Gasteiger partial charge in [-0.3, -0.25) is 5.10 Å². The van der Waals surface area contributed by atoms with Crippen molar-refractivity contribution >= 4 is 0 Å². The zero-order valence-electron chi connectivity index (χ0n) is 12.0. The lowest BCUT2D eigenvalue weighted by Gasteiger charge is -2.18. The maximum absolute atomic E-state index is 14.1. The highest BCUT2D eigenvalue weighted by atomic mass is 19.1. The van der Waals surface area contributed by atoms with Gasteiger partial charge in [0.05, 0.1) is 0 Å². The predicted octanol–water partition coefficient (Wildman–Crippen LogP) is 3.71. The van der Waals surface area contributed by atoms with Crippen LogP contribution in [0.3, 0.4) is 0 Å². The molecule has 0 aliphatic rings. The first-order valence-electron chi connectivity index (χ1n) is 6.83. The Labute approximate surface area is 118 Å². The van der Waals surface area contributed by atoms with E-state index in [1.165, 1.54) is 6.07 Å². The van der Waals surface area contributed by atoms with Gasteiger partial charge in [0, 0.05) is 23.4 Å². The molecule has 1 heterocycles. The molecule has 4 nitrogen and oxygen atoms in total. The first-order chi connectivity index (χ1) is 9.61. The minimum atomic E-state index is -0.272. The van der Waals surface area contributed by atoms with Gasteiger partial charge in [0.2, 0.25) is 5.88 Å². The number of aromatic nitrogens is 2. The summed E-state index contributed by atoms with van der Waals surface area (Å²) in [7, 11) is 0. The molecule has 1 aromatic carbocycles. The van der Waals surface area contributed by atoms with Crippen molar-refractivity contribution < 1.29 is 9.13 Å². The van der Waals surface area contributed by atoms with E-state index in [-0.39, 0.29) is 11.9 Å². The fourth-order valence-corrected chi connectivity index (χ4v) is 2.05. The summed E-state index contributed by atoms with van der Waals surface area (Å²) in [6.45, 7) is 6.72. The second kappa shape index (κ2) is 6.52. The van der Waals surface area contributed by atoms with Crippen LogP contribution in [0.15, 0.2) is 24.3 Å². The Bertz CT molecular complexity index is 568. The smallest absolute Gasteiger partial charge is 0.238 e. The Balaban J connectivity index is 2.25. The summed E-state index contributed by atoms with van der Waals surface area (Å²) >= 11 is 0. The van der Waals surface area contributed by atoms with Crippen molar-refractivity contribution in [1.82, 2.24) is 15.5 Å². The van der Waals surface area contributed by atoms with Crippen LogP contribution in [0.25, 0.3) is 0 Å². The lowest BCUT2D eigenvalue weighted by atomic mass is 10.1. The van der Waals surface area contributed by atoms with Crippen LogP contribution in [-0.2, 0) is 0 Å². The molecule has 0 saturated carbocycles. The van der Waals surface area contributed by atoms with Crippen molar-refractivity contribution in [2.45, 2.75) is 33.2 Å². The lowest BCUT2D eigenvalue weighted by molar-refractivity contribution is 0.431. The highest BCUT2D eigenvalue weighted by molar-refractivity contribution is 5.39. The number of nitrogens with zero attached hydrogens (tertiary/aromatic N) is 1. The van der Waals surface area contributed by atoms with Crippen LogP contribution in [0.1, 0.15) is 37.6 Å². The number of aromatic amines is 1. The first-order valence-corrected chi connectivity index (χ1v) is 6.83. The zero-order valence-corrected chi connectivity index (χ0v) is 12.0. The standard InChI is InChI=1S/C15H20FN3O/c1-4-8-17-11(3)15-12(16)6-5-7-13(15)20-14-9-10(2)18-19-14/h5-7,9,11,17H,4,8H2,1-3H3,(H,18,19). The van der Waals surface area contributed by atoms with E-state index >= 15 is 0 Å². The van der Waals surface area contributed by atoms with E-state index in [2.05, 4.69) is 22.4 Å². The van der Waals surface area contributed by atoms with Crippen molar-refractivity contribution in [2.75, 3.05) is 6.54 Å². The highest BCUT2D eigenvalue weighted by Crippen LogP contribution is 2.31. The Morgan fingerprint density at radius 1 is 1.45 bits per heavy atom. The molecular weight excluding hydrogens is 257 g/mol. The van der Waals surface area contributed by atoms with Gasteiger partial charge in [-0.15, -0.1) is 5.10 Å². The Morgan fingerprint density at radius 3 is 2.90 bits per heavy atom. The number of rotatable bonds is 6. The molecule has 0 bridgehead atoms. The Kier molecular flexibility index (Phi) is 4.74. The van der Waals surface area contributed by atoms with Crippen molar-refractivity contribution in [3.63, 3.8) is 0 Å². The van der Waals surface area contributed by atoms with Gasteiger partial charge in [0.25, 0.3) is 0 Å². The van der Waals surface area contributed by atoms with Crippen LogP contribution in [-0.4, -0.2) is 16.7 Å². The van der Waals surface area contributed by atoms with Gasteiger partial charge in [-0.1, -0.05) is 13.0 Å². The molecule has 0 aliphatic carbocycles. The molecule has 20 heavy (non-hydrogen) atoms. The molecule has 108 valence electrons. The number of hydrogen-bond donors (Lipinski definition) is 2. The van der Waals surface area contributed by atoms with E-state index in [1.807, 2.05) is 13.8 Å². The summed E-state index contributed by atoms with van der Waals surface area (Å²) in [5.41, 5.74) is 1.43. The average molecular weight is 277 g/mol. The first kappa shape index (κ1) is 14.5. The van der Waals surface area contributed by atoms with Crippen molar-refractivity contribution in [2.24, 2.45) is 0 Å². The number of nitrogens with one attached hydrogen (secondary N) is 2. The summed E-state index contributed by atoms with van der Waals surface area (Å²) in [5.74, 6) is 0.663. The van der Waals surface area contributed by atoms with Gasteiger partial charge in [-0.05, 0) is 38.9 Å². The topological polar surface area (TPSA) is 49.9 Å². The number of ether oxygens (including phenoxy) is 1. The minimum absolute atomic E-state index is 0.119. The number of H-pyrrole nitrogens is 1. The molecule has 2 N–H and O–H groups in total. The lowest BCUT2D eigenvalue weighted by Crippen LogP contribution is -2.20. The highest BCUT2D eigenvalue weighted by Gasteiger charge is 2.17. The van der Waals surface area contributed by atoms with Gasteiger partial charge in [0.15, 0.2) is 0 Å². The van der Waals surface area contributed by atoms with Crippen LogP contribution in [0.5, 0.6) is 11.6 Å². The van der Waals surface area contributed by atoms with Crippen LogP contribution in [0.2, 0.25) is 0 Å². The summed E-state index contributed by atoms with van der Waals surface area (Å²) in [5, 5.41) is 10.1. The second-order valence-electron chi connectivity index (χ2n) is 4.82. The number of benzene rings is 1. The second-order valence-corrected chi connectivity index (χ2v) is 4.82. The van der Waals surface area contributed by atoms with Crippen LogP contribution in [0, 0.1) is 12.7 Å². The maximum Gasteiger partial charge on any atom is 0.238 e. The van der Waals surface area contributed by atoms with Crippen LogP contribution >= 0.6 is 0 Å². The fraction of sp³-hybridized carbons (Fsp3) is 0.400. The minimum Gasteiger partial charge on any atom is -0.437 e. The maximum atomic E-state index is 14.1. The number of halogens is 1. The van der Waals surface area contributed by atoms with E-state index < -0.39 is 0 Å². The monoisotopic (exact) mass is 277 g/mol. The molecule has 1 atom stereocenters. The molecule has 0 saturated heterocycles. The summed E-state index contributed by atoms with van der Waals surface area (Å²) in [6.07, 6.45) is 0.994. The SMILES string of the molecule is CCCNC(C)c1c(F)cccc1Oc1cc(C)[nH]n1. The van der Waals surface area contributed by atoms with Gasteiger partial charge >= 0.3 is 0 Å².